The van der Waals surface area contributed by atoms with Gasteiger partial charge in [0.05, 0.1) is 30.8 Å². The van der Waals surface area contributed by atoms with Gasteiger partial charge >= 0.3 is 0 Å². The number of methoxy groups -OCH3 is 1. The molecule has 120 valence electrons. The van der Waals surface area contributed by atoms with Gasteiger partial charge in [-0.2, -0.15) is 0 Å². The number of imidazole rings is 1. The zero-order valence-corrected chi connectivity index (χ0v) is 13.6. The lowest BCUT2D eigenvalue weighted by Crippen LogP contribution is -1.92. The number of aryl methyl sites for hydroxylation is 2. The van der Waals surface area contributed by atoms with Gasteiger partial charge in [0, 0.05) is 40.7 Å². The third kappa shape index (κ3) is 2.23. The molecule has 0 bridgehead atoms. The molecule has 0 spiro atoms. The minimum atomic E-state index is 0.591. The van der Waals surface area contributed by atoms with Crippen LogP contribution in [0.1, 0.15) is 11.5 Å². The van der Waals surface area contributed by atoms with Crippen LogP contribution in [0.15, 0.2) is 47.6 Å². The highest BCUT2D eigenvalue weighted by atomic mass is 16.5. The normalized spacial score (nSPS) is 11.1. The Morgan fingerprint density at radius 1 is 1.12 bits per heavy atom. The van der Waals surface area contributed by atoms with Crippen LogP contribution >= 0.6 is 0 Å². The van der Waals surface area contributed by atoms with Crippen LogP contribution in [0.2, 0.25) is 0 Å². The quantitative estimate of drug-likeness (QED) is 0.576. The highest BCUT2D eigenvalue weighted by molar-refractivity contribution is 5.85. The highest BCUT2D eigenvalue weighted by Gasteiger charge is 2.16. The van der Waals surface area contributed by atoms with Crippen LogP contribution in [0.4, 0.5) is 0 Å². The Kier molecular flexibility index (Phi) is 3.30. The first-order valence-electron chi connectivity index (χ1n) is 7.56. The van der Waals surface area contributed by atoms with Gasteiger partial charge in [-0.25, -0.2) is 9.97 Å². The Hall–Kier alpha value is -3.15. The van der Waals surface area contributed by atoms with Crippen molar-refractivity contribution in [3.63, 3.8) is 0 Å². The average Bonchev–Trinajstić information content (AvgIpc) is 3.21. The van der Waals surface area contributed by atoms with E-state index < -0.39 is 0 Å². The van der Waals surface area contributed by atoms with Gasteiger partial charge < -0.3 is 13.7 Å². The van der Waals surface area contributed by atoms with Crippen LogP contribution in [0.25, 0.3) is 27.8 Å². The molecule has 6 heteroatoms. The lowest BCUT2D eigenvalue weighted by molar-refractivity contribution is 0.393. The van der Waals surface area contributed by atoms with Crippen LogP contribution in [0, 0.1) is 13.8 Å². The zero-order valence-electron chi connectivity index (χ0n) is 13.6. The molecular formula is C18H16N4O2. The molecule has 0 aromatic carbocycles. The maximum Gasteiger partial charge on any atom is 0.212 e. The van der Waals surface area contributed by atoms with Gasteiger partial charge in [0.25, 0.3) is 0 Å². The Balaban J connectivity index is 1.95. The Morgan fingerprint density at radius 3 is 2.67 bits per heavy atom. The predicted octanol–water partition coefficient (Wildman–Crippen LogP) is 3.68. The summed E-state index contributed by atoms with van der Waals surface area (Å²) < 4.78 is 12.5. The van der Waals surface area contributed by atoms with E-state index in [9.17, 15) is 0 Å². The first-order valence-corrected chi connectivity index (χ1v) is 7.56. The molecule has 24 heavy (non-hydrogen) atoms. The second-order valence-corrected chi connectivity index (χ2v) is 5.62. The Bertz CT molecular complexity index is 996. The minimum Gasteiger partial charge on any atom is -0.481 e. The van der Waals surface area contributed by atoms with Crippen molar-refractivity contribution in [2.45, 2.75) is 13.8 Å². The van der Waals surface area contributed by atoms with Crippen molar-refractivity contribution >= 4 is 5.52 Å². The van der Waals surface area contributed by atoms with E-state index in [1.165, 1.54) is 0 Å². The molecule has 0 aliphatic carbocycles. The fraction of sp³-hybridized carbons (Fsp3) is 0.167. The third-order valence-corrected chi connectivity index (χ3v) is 4.10. The number of fused-ring (bicyclic) bond motifs is 1. The lowest BCUT2D eigenvalue weighted by atomic mass is 10.00. The summed E-state index contributed by atoms with van der Waals surface area (Å²) in [6.07, 6.45) is 7.47. The largest absolute Gasteiger partial charge is 0.481 e. The smallest absolute Gasteiger partial charge is 0.212 e. The third-order valence-electron chi connectivity index (χ3n) is 4.10. The number of aromatic nitrogens is 4. The maximum absolute atomic E-state index is 5.34. The molecule has 0 saturated carbocycles. The van der Waals surface area contributed by atoms with E-state index in [0.717, 1.165) is 39.2 Å². The van der Waals surface area contributed by atoms with E-state index in [2.05, 4.69) is 21.2 Å². The second kappa shape index (κ2) is 5.49. The van der Waals surface area contributed by atoms with Gasteiger partial charge in [-0.3, -0.25) is 0 Å². The molecule has 0 atom stereocenters. The maximum atomic E-state index is 5.34. The van der Waals surface area contributed by atoms with Crippen molar-refractivity contribution in [1.29, 1.82) is 0 Å². The van der Waals surface area contributed by atoms with Crippen molar-refractivity contribution in [2.24, 2.45) is 0 Å². The average molecular weight is 320 g/mol. The van der Waals surface area contributed by atoms with Gasteiger partial charge in [0.2, 0.25) is 5.88 Å². The number of rotatable bonds is 3. The SMILES string of the molecule is COc1ccc(-c2cc(-c3c(C)noc3C)c3cncn3c2)cn1. The molecule has 0 aliphatic heterocycles. The molecule has 6 nitrogen and oxygen atoms in total. The van der Waals surface area contributed by atoms with Gasteiger partial charge in [0.15, 0.2) is 0 Å². The molecule has 0 saturated heterocycles. The topological polar surface area (TPSA) is 65.5 Å². The fourth-order valence-corrected chi connectivity index (χ4v) is 2.93. The first-order chi connectivity index (χ1) is 11.7. The molecule has 0 fully saturated rings. The van der Waals surface area contributed by atoms with Gasteiger partial charge in [-0.15, -0.1) is 0 Å². The Morgan fingerprint density at radius 2 is 2.00 bits per heavy atom. The van der Waals surface area contributed by atoms with Gasteiger partial charge in [-0.1, -0.05) is 5.16 Å². The summed E-state index contributed by atoms with van der Waals surface area (Å²) in [5.41, 5.74) is 5.95. The molecule has 4 aromatic heterocycles. The van der Waals surface area contributed by atoms with Crippen LogP contribution in [0.3, 0.4) is 0 Å². The number of hydrogen-bond donors (Lipinski definition) is 0. The van der Waals surface area contributed by atoms with Crippen LogP contribution in [-0.2, 0) is 0 Å². The van der Waals surface area contributed by atoms with E-state index in [4.69, 9.17) is 9.26 Å². The number of nitrogens with zero attached hydrogens (tertiary/aromatic N) is 4. The van der Waals surface area contributed by atoms with E-state index in [0.29, 0.717) is 5.88 Å². The molecule has 0 unspecified atom stereocenters. The highest BCUT2D eigenvalue weighted by Crippen LogP contribution is 2.34. The summed E-state index contributed by atoms with van der Waals surface area (Å²) in [6.45, 7) is 3.87. The van der Waals surface area contributed by atoms with Crippen molar-refractivity contribution in [1.82, 2.24) is 19.5 Å². The van der Waals surface area contributed by atoms with Gasteiger partial charge in [-0.05, 0) is 26.0 Å². The van der Waals surface area contributed by atoms with Crippen LogP contribution in [-0.4, -0.2) is 26.6 Å². The van der Waals surface area contributed by atoms with E-state index in [1.54, 1.807) is 19.6 Å². The molecule has 0 amide bonds. The first kappa shape index (κ1) is 14.4. The minimum absolute atomic E-state index is 0.591. The van der Waals surface area contributed by atoms with Crippen molar-refractivity contribution < 1.29 is 9.26 Å². The van der Waals surface area contributed by atoms with Crippen molar-refractivity contribution in [2.75, 3.05) is 7.11 Å². The number of hydrogen-bond acceptors (Lipinski definition) is 5. The summed E-state index contributed by atoms with van der Waals surface area (Å²) in [6, 6.07) is 5.96. The summed E-state index contributed by atoms with van der Waals surface area (Å²) in [7, 11) is 1.61. The van der Waals surface area contributed by atoms with E-state index >= 15 is 0 Å². The molecule has 4 heterocycles. The molecule has 4 rings (SSSR count). The Labute approximate surface area is 138 Å². The second-order valence-electron chi connectivity index (χ2n) is 5.62. The van der Waals surface area contributed by atoms with Crippen molar-refractivity contribution in [3.05, 3.63) is 54.6 Å². The monoisotopic (exact) mass is 320 g/mol. The number of ether oxygens (including phenoxy) is 1. The summed E-state index contributed by atoms with van der Waals surface area (Å²) in [4.78, 5) is 8.56. The van der Waals surface area contributed by atoms with Crippen LogP contribution < -0.4 is 4.74 Å². The molecule has 0 N–H and O–H groups in total. The van der Waals surface area contributed by atoms with Crippen molar-refractivity contribution in [3.8, 4) is 28.1 Å². The van der Waals surface area contributed by atoms with E-state index in [1.807, 2.05) is 42.8 Å². The van der Waals surface area contributed by atoms with E-state index in [-0.39, 0.29) is 0 Å². The lowest BCUT2D eigenvalue weighted by Gasteiger charge is -2.09. The molecule has 0 aliphatic rings. The summed E-state index contributed by atoms with van der Waals surface area (Å²) in [5.74, 6) is 1.38. The zero-order chi connectivity index (χ0) is 16.7. The molecular weight excluding hydrogens is 304 g/mol. The standard InChI is InChI=1S/C18H16N4O2/c1-11-18(12(2)24-21-11)15-6-14(9-22-10-19-8-16(15)22)13-4-5-17(23-3)20-7-13/h4-10H,1-3H3. The molecule has 4 aromatic rings. The fourth-order valence-electron chi connectivity index (χ4n) is 2.93. The predicted molar refractivity (Wildman–Crippen MR) is 89.9 cm³/mol. The summed E-state index contributed by atoms with van der Waals surface area (Å²) >= 11 is 0. The summed E-state index contributed by atoms with van der Waals surface area (Å²) in [5, 5.41) is 4.08. The number of pyridine rings is 2. The van der Waals surface area contributed by atoms with Crippen LogP contribution in [0.5, 0.6) is 5.88 Å². The van der Waals surface area contributed by atoms with Gasteiger partial charge in [0.1, 0.15) is 5.76 Å². The molecule has 0 radical (unpaired) electrons.